The Morgan fingerprint density at radius 2 is 2.00 bits per heavy atom. The van der Waals surface area contributed by atoms with Crippen molar-refractivity contribution in [3.63, 3.8) is 0 Å². The summed E-state index contributed by atoms with van der Waals surface area (Å²) < 4.78 is 55.8. The van der Waals surface area contributed by atoms with Gasteiger partial charge in [-0.2, -0.15) is 13.2 Å². The molecule has 13 heteroatoms. The number of fused-ring (bicyclic) bond motifs is 1. The highest BCUT2D eigenvalue weighted by Gasteiger charge is 2.38. The molecule has 0 aromatic heterocycles. The Kier molecular flexibility index (Phi) is 7.92. The predicted octanol–water partition coefficient (Wildman–Crippen LogP) is 1.76. The molecule has 0 aliphatic carbocycles. The van der Waals surface area contributed by atoms with Crippen LogP contribution in [-0.4, -0.2) is 55.7 Å². The smallest absolute Gasteiger partial charge is 0.534 e. The van der Waals surface area contributed by atoms with Gasteiger partial charge in [-0.3, -0.25) is 4.79 Å². The zero-order valence-electron chi connectivity index (χ0n) is 15.9. The number of amides is 1. The molecule has 1 amide bonds. The third-order valence-corrected chi connectivity index (χ3v) is 3.95. The second-order valence-corrected chi connectivity index (χ2v) is 6.17. The van der Waals surface area contributed by atoms with Gasteiger partial charge in [0.1, 0.15) is 11.3 Å². The Morgan fingerprint density at radius 1 is 1.27 bits per heavy atom. The van der Waals surface area contributed by atoms with Crippen molar-refractivity contribution in [2.24, 2.45) is 0 Å². The summed E-state index contributed by atoms with van der Waals surface area (Å²) in [6, 6.07) is 4.40. The number of ether oxygens (including phenoxy) is 3. The highest BCUT2D eigenvalue weighted by Crippen LogP contribution is 2.31. The molecule has 30 heavy (non-hydrogen) atoms. The van der Waals surface area contributed by atoms with E-state index in [2.05, 4.69) is 14.8 Å². The first kappa shape index (κ1) is 23.3. The van der Waals surface area contributed by atoms with Gasteiger partial charge in [0.15, 0.2) is 0 Å². The number of alkyl halides is 3. The lowest BCUT2D eigenvalue weighted by molar-refractivity contribution is -0.144. The molecule has 0 unspecified atom stereocenters. The Balaban J connectivity index is 1.99. The molecular weight excluding hydrogens is 414 g/mol. The molecule has 1 aliphatic heterocycles. The van der Waals surface area contributed by atoms with Crippen LogP contribution in [0.2, 0.25) is 0 Å². The number of carbonyl (C=O) groups excluding carboxylic acids is 3. The first-order valence-electron chi connectivity index (χ1n) is 8.90. The zero-order chi connectivity index (χ0) is 22.3. The second-order valence-electron chi connectivity index (χ2n) is 6.17. The van der Waals surface area contributed by atoms with E-state index in [0.29, 0.717) is 5.56 Å². The van der Waals surface area contributed by atoms with Crippen LogP contribution in [0.25, 0.3) is 0 Å². The Hall–Kier alpha value is -2.96. The van der Waals surface area contributed by atoms with Gasteiger partial charge in [-0.15, -0.1) is 0 Å². The van der Waals surface area contributed by atoms with Crippen LogP contribution in [0.1, 0.15) is 35.7 Å². The Labute approximate surface area is 169 Å². The van der Waals surface area contributed by atoms with Gasteiger partial charge in [-0.25, -0.2) is 9.59 Å². The topological polar surface area (TPSA) is 120 Å². The van der Waals surface area contributed by atoms with Crippen molar-refractivity contribution in [1.29, 1.82) is 0 Å². The third kappa shape index (κ3) is 6.83. The number of para-hydroxylation sites is 1. The van der Waals surface area contributed by atoms with Crippen LogP contribution >= 0.6 is 0 Å². The summed E-state index contributed by atoms with van der Waals surface area (Å²) in [5.41, 5.74) is 0.350. The minimum Gasteiger partial charge on any atom is -0.534 e. The van der Waals surface area contributed by atoms with Crippen LogP contribution in [0.3, 0.4) is 0 Å². The maximum absolute atomic E-state index is 12.2. The predicted molar refractivity (Wildman–Crippen MR) is 94.4 cm³/mol. The number of benzene rings is 1. The van der Waals surface area contributed by atoms with Crippen molar-refractivity contribution >= 4 is 25.2 Å². The lowest BCUT2D eigenvalue weighted by Gasteiger charge is -2.29. The quantitative estimate of drug-likeness (QED) is 0.379. The monoisotopic (exact) mass is 433 g/mol. The fourth-order valence-electron chi connectivity index (χ4n) is 2.61. The lowest BCUT2D eigenvalue weighted by Crippen LogP contribution is -2.53. The average Bonchev–Trinajstić information content (AvgIpc) is 2.66. The van der Waals surface area contributed by atoms with Crippen molar-refractivity contribution < 1.29 is 51.4 Å². The molecule has 0 saturated heterocycles. The molecule has 0 fully saturated rings. The average molecular weight is 433 g/mol. The highest BCUT2D eigenvalue weighted by molar-refractivity contribution is 6.47. The van der Waals surface area contributed by atoms with Crippen molar-refractivity contribution in [2.45, 2.75) is 38.3 Å². The molecule has 1 heterocycles. The summed E-state index contributed by atoms with van der Waals surface area (Å²) in [5, 5.41) is 12.4. The van der Waals surface area contributed by atoms with E-state index < -0.39 is 56.9 Å². The van der Waals surface area contributed by atoms with Crippen molar-refractivity contribution in [3.05, 3.63) is 29.3 Å². The van der Waals surface area contributed by atoms with Gasteiger partial charge >= 0.3 is 25.4 Å². The third-order valence-electron chi connectivity index (χ3n) is 3.95. The van der Waals surface area contributed by atoms with Gasteiger partial charge < -0.3 is 29.2 Å². The summed E-state index contributed by atoms with van der Waals surface area (Å²) in [5.74, 6) is -2.81. The summed E-state index contributed by atoms with van der Waals surface area (Å²) in [4.78, 5) is 35.0. The minimum atomic E-state index is -4.47. The van der Waals surface area contributed by atoms with E-state index in [1.807, 2.05) is 0 Å². The van der Waals surface area contributed by atoms with Crippen LogP contribution in [0.4, 0.5) is 18.0 Å². The van der Waals surface area contributed by atoms with Crippen LogP contribution < -0.4 is 9.97 Å². The number of halogens is 3. The number of hydrogen-bond donors (Lipinski definition) is 2. The molecule has 0 spiro atoms. The van der Waals surface area contributed by atoms with Gasteiger partial charge in [0.2, 0.25) is 12.7 Å². The normalized spacial score (nSPS) is 15.5. The van der Waals surface area contributed by atoms with E-state index in [9.17, 15) is 32.6 Å². The molecule has 2 rings (SSSR count). The molecule has 1 aromatic carbocycles. The van der Waals surface area contributed by atoms with Gasteiger partial charge in [0.05, 0.1) is 19.0 Å². The largest absolute Gasteiger partial charge is 0.547 e. The van der Waals surface area contributed by atoms with Gasteiger partial charge in [-0.1, -0.05) is 12.1 Å². The van der Waals surface area contributed by atoms with E-state index in [-0.39, 0.29) is 24.3 Å². The molecular formula is C17H19BF3NO8. The summed E-state index contributed by atoms with van der Waals surface area (Å²) >= 11 is 0. The fourth-order valence-corrected chi connectivity index (χ4v) is 2.61. The summed E-state index contributed by atoms with van der Waals surface area (Å²) in [7, 11) is -1.60. The van der Waals surface area contributed by atoms with E-state index in [4.69, 9.17) is 9.39 Å². The first-order valence-corrected chi connectivity index (χ1v) is 8.90. The number of nitrogens with one attached hydrogen (secondary N) is 1. The standard InChI is InChI=1S/C17H19BF3NO8/c1-2-27-16(25)29-9-28-15(24)11-5-3-4-10-8-12(18(26)30-14(10)11)22-13(23)6-7-17(19,20)21/h3-5,12,26H,2,6-9H2,1H3,(H,22,23)/t12-/m0/s1. The second kappa shape index (κ2) is 10.2. The van der Waals surface area contributed by atoms with E-state index in [1.165, 1.54) is 12.1 Å². The lowest BCUT2D eigenvalue weighted by atomic mass is 9.72. The Bertz CT molecular complexity index is 789. The molecule has 1 aromatic rings. The van der Waals surface area contributed by atoms with Gasteiger partial charge in [0.25, 0.3) is 0 Å². The number of rotatable bonds is 7. The number of carbonyl (C=O) groups is 3. The first-order chi connectivity index (χ1) is 14.1. The van der Waals surface area contributed by atoms with Crippen molar-refractivity contribution in [2.75, 3.05) is 13.4 Å². The molecule has 1 atom stereocenters. The minimum absolute atomic E-state index is 0.00748. The SMILES string of the molecule is CCOC(=O)OCOC(=O)c1cccc2c1OB(O)[C@@H](NC(=O)CCC(F)(F)F)C2. The van der Waals surface area contributed by atoms with E-state index >= 15 is 0 Å². The molecule has 1 aliphatic rings. The maximum atomic E-state index is 12.2. The van der Waals surface area contributed by atoms with E-state index in [0.717, 1.165) is 0 Å². The van der Waals surface area contributed by atoms with E-state index in [1.54, 1.807) is 13.0 Å². The molecule has 0 radical (unpaired) electrons. The Morgan fingerprint density at radius 3 is 2.67 bits per heavy atom. The van der Waals surface area contributed by atoms with Crippen LogP contribution in [-0.2, 0) is 25.4 Å². The van der Waals surface area contributed by atoms with Crippen LogP contribution in [0, 0.1) is 0 Å². The van der Waals surface area contributed by atoms with Crippen molar-refractivity contribution in [3.8, 4) is 5.75 Å². The van der Waals surface area contributed by atoms with Crippen molar-refractivity contribution in [1.82, 2.24) is 5.32 Å². The zero-order valence-corrected chi connectivity index (χ0v) is 15.9. The highest BCUT2D eigenvalue weighted by atomic mass is 19.4. The molecule has 9 nitrogen and oxygen atoms in total. The molecule has 164 valence electrons. The fraction of sp³-hybridized carbons (Fsp3) is 0.471. The molecule has 2 N–H and O–H groups in total. The molecule has 0 bridgehead atoms. The maximum Gasteiger partial charge on any atom is 0.547 e. The number of hydrogen-bond acceptors (Lipinski definition) is 8. The molecule has 0 saturated carbocycles. The van der Waals surface area contributed by atoms with Crippen LogP contribution in [0.5, 0.6) is 5.75 Å². The van der Waals surface area contributed by atoms with Gasteiger partial charge in [-0.05, 0) is 25.0 Å². The van der Waals surface area contributed by atoms with Crippen LogP contribution in [0.15, 0.2) is 18.2 Å². The number of esters is 1. The van der Waals surface area contributed by atoms with Gasteiger partial charge in [0, 0.05) is 6.42 Å². The summed E-state index contributed by atoms with van der Waals surface area (Å²) in [6.45, 7) is 0.943. The summed E-state index contributed by atoms with van der Waals surface area (Å²) in [6.07, 6.45) is -7.56.